The van der Waals surface area contributed by atoms with Gasteiger partial charge in [0.2, 0.25) is 0 Å². The first kappa shape index (κ1) is 9.47. The van der Waals surface area contributed by atoms with E-state index in [1.165, 1.54) is 19.3 Å². The van der Waals surface area contributed by atoms with E-state index >= 15 is 0 Å². The molecule has 0 aliphatic carbocycles. The van der Waals surface area contributed by atoms with Gasteiger partial charge >= 0.3 is 0 Å². The molecule has 0 aromatic rings. The summed E-state index contributed by atoms with van der Waals surface area (Å²) in [6.45, 7) is 4.19. The van der Waals surface area contributed by atoms with Crippen LogP contribution in [0.25, 0.3) is 0 Å². The SMILES string of the molecule is CCCCCC[CH]OC=O. The molecule has 1 radical (unpaired) electrons. The van der Waals surface area contributed by atoms with E-state index in [0.717, 1.165) is 12.8 Å². The number of hydrogen-bond donors (Lipinski definition) is 0. The van der Waals surface area contributed by atoms with Gasteiger partial charge in [-0.2, -0.15) is 0 Å². The third kappa shape index (κ3) is 7.47. The maximum atomic E-state index is 9.64. The van der Waals surface area contributed by atoms with Gasteiger partial charge in [0.05, 0.1) is 0 Å². The van der Waals surface area contributed by atoms with Crippen LogP contribution in [0.2, 0.25) is 0 Å². The molecule has 0 atom stereocenters. The van der Waals surface area contributed by atoms with Crippen LogP contribution >= 0.6 is 0 Å². The fourth-order valence-corrected chi connectivity index (χ4v) is 0.762. The fraction of sp³-hybridized carbons (Fsp3) is 0.750. The lowest BCUT2D eigenvalue weighted by Crippen LogP contribution is -1.84. The Morgan fingerprint density at radius 1 is 1.30 bits per heavy atom. The summed E-state index contributed by atoms with van der Waals surface area (Å²) in [4.78, 5) is 9.64. The van der Waals surface area contributed by atoms with Gasteiger partial charge in [-0.1, -0.05) is 26.2 Å². The maximum Gasteiger partial charge on any atom is 0.293 e. The molecule has 59 valence electrons. The van der Waals surface area contributed by atoms with Crippen LogP contribution in [0.4, 0.5) is 0 Å². The number of ether oxygens (including phenoxy) is 1. The van der Waals surface area contributed by atoms with Crippen molar-refractivity contribution >= 4 is 6.47 Å². The molecular weight excluding hydrogens is 128 g/mol. The van der Waals surface area contributed by atoms with Gasteiger partial charge < -0.3 is 4.74 Å². The molecule has 2 heteroatoms. The smallest absolute Gasteiger partial charge is 0.293 e. The molecule has 10 heavy (non-hydrogen) atoms. The first-order valence-corrected chi connectivity index (χ1v) is 3.82. The summed E-state index contributed by atoms with van der Waals surface area (Å²) in [5.74, 6) is 0. The molecule has 0 rings (SSSR count). The van der Waals surface area contributed by atoms with E-state index in [4.69, 9.17) is 0 Å². The lowest BCUT2D eigenvalue weighted by Gasteiger charge is -1.96. The Balaban J connectivity index is 2.70. The highest BCUT2D eigenvalue weighted by Gasteiger charge is 1.88. The zero-order valence-electron chi connectivity index (χ0n) is 6.51. The van der Waals surface area contributed by atoms with Crippen molar-refractivity contribution in [1.29, 1.82) is 0 Å². The number of rotatable bonds is 7. The van der Waals surface area contributed by atoms with E-state index < -0.39 is 0 Å². The first-order valence-electron chi connectivity index (χ1n) is 3.82. The van der Waals surface area contributed by atoms with Crippen LogP contribution in [0.1, 0.15) is 39.0 Å². The van der Waals surface area contributed by atoms with Gasteiger partial charge in [-0.3, -0.25) is 4.79 Å². The lowest BCUT2D eigenvalue weighted by atomic mass is 10.2. The largest absolute Gasteiger partial charge is 0.461 e. The summed E-state index contributed by atoms with van der Waals surface area (Å²) in [6, 6.07) is 0. The van der Waals surface area contributed by atoms with Crippen molar-refractivity contribution in [2.45, 2.75) is 39.0 Å². The molecule has 0 aromatic heterocycles. The average molecular weight is 143 g/mol. The molecule has 0 spiro atoms. The average Bonchev–Trinajstić information content (AvgIpc) is 1.97. The second-order valence-electron chi connectivity index (χ2n) is 2.25. The van der Waals surface area contributed by atoms with Crippen molar-refractivity contribution in [2.24, 2.45) is 0 Å². The summed E-state index contributed by atoms with van der Waals surface area (Å²) < 4.78 is 4.41. The van der Waals surface area contributed by atoms with Crippen molar-refractivity contribution in [1.82, 2.24) is 0 Å². The van der Waals surface area contributed by atoms with Gasteiger partial charge in [0.25, 0.3) is 6.47 Å². The lowest BCUT2D eigenvalue weighted by molar-refractivity contribution is -0.125. The fourth-order valence-electron chi connectivity index (χ4n) is 0.762. The molecule has 0 heterocycles. The number of hydrogen-bond acceptors (Lipinski definition) is 2. The highest BCUT2D eigenvalue weighted by atomic mass is 16.5. The Morgan fingerprint density at radius 2 is 2.10 bits per heavy atom. The molecule has 0 aliphatic rings. The van der Waals surface area contributed by atoms with Gasteiger partial charge in [0, 0.05) is 0 Å². The molecule has 0 unspecified atom stereocenters. The Hall–Kier alpha value is -0.530. The molecule has 0 aromatic carbocycles. The van der Waals surface area contributed by atoms with Crippen molar-refractivity contribution in [3.8, 4) is 0 Å². The summed E-state index contributed by atoms with van der Waals surface area (Å²) >= 11 is 0. The monoisotopic (exact) mass is 143 g/mol. The van der Waals surface area contributed by atoms with Crippen LogP contribution in [0, 0.1) is 6.61 Å². The molecule has 0 saturated carbocycles. The quantitative estimate of drug-likeness (QED) is 0.403. The molecule has 2 nitrogen and oxygen atoms in total. The van der Waals surface area contributed by atoms with Crippen molar-refractivity contribution in [3.05, 3.63) is 6.61 Å². The molecule has 0 fully saturated rings. The summed E-state index contributed by atoms with van der Waals surface area (Å²) in [6.07, 6.45) is 5.76. The van der Waals surface area contributed by atoms with Crippen LogP contribution in [0.3, 0.4) is 0 Å². The molecule has 0 aliphatic heterocycles. The number of unbranched alkanes of at least 4 members (excludes halogenated alkanes) is 4. The van der Waals surface area contributed by atoms with Crippen molar-refractivity contribution in [3.63, 3.8) is 0 Å². The Kier molecular flexibility index (Phi) is 8.02. The number of carbonyl (C=O) groups is 1. The summed E-state index contributed by atoms with van der Waals surface area (Å²) in [5.41, 5.74) is 0. The third-order valence-electron chi connectivity index (χ3n) is 1.33. The second-order valence-corrected chi connectivity index (χ2v) is 2.25. The summed E-state index contributed by atoms with van der Waals surface area (Å²) in [7, 11) is 0. The van der Waals surface area contributed by atoms with E-state index in [0.29, 0.717) is 6.47 Å². The predicted octanol–water partition coefficient (Wildman–Crippen LogP) is 2.29. The normalized spacial score (nSPS) is 9.30. The maximum absolute atomic E-state index is 9.64. The van der Waals surface area contributed by atoms with E-state index in [1.807, 2.05) is 0 Å². The van der Waals surface area contributed by atoms with E-state index in [-0.39, 0.29) is 0 Å². The molecule has 0 bridgehead atoms. The standard InChI is InChI=1S/C8H15O2/c1-2-3-4-5-6-7-10-8-9/h7-8H,2-6H2,1H3. The van der Waals surface area contributed by atoms with Gasteiger partial charge in [0.15, 0.2) is 0 Å². The molecule has 0 N–H and O–H groups in total. The van der Waals surface area contributed by atoms with Gasteiger partial charge in [-0.25, -0.2) is 0 Å². The predicted molar refractivity (Wildman–Crippen MR) is 40.2 cm³/mol. The minimum absolute atomic E-state index is 0.458. The highest BCUT2D eigenvalue weighted by molar-refractivity contribution is 5.37. The van der Waals surface area contributed by atoms with Crippen LogP contribution < -0.4 is 0 Å². The Labute approximate surface area is 62.6 Å². The van der Waals surface area contributed by atoms with Crippen molar-refractivity contribution in [2.75, 3.05) is 0 Å². The minimum atomic E-state index is 0.458. The summed E-state index contributed by atoms with van der Waals surface area (Å²) in [5, 5.41) is 0. The first-order chi connectivity index (χ1) is 4.91. The molecule has 0 saturated heterocycles. The van der Waals surface area contributed by atoms with Crippen LogP contribution in [0.15, 0.2) is 0 Å². The molecule has 0 amide bonds. The zero-order valence-corrected chi connectivity index (χ0v) is 6.51. The van der Waals surface area contributed by atoms with Crippen LogP contribution in [-0.4, -0.2) is 6.47 Å². The van der Waals surface area contributed by atoms with E-state index in [2.05, 4.69) is 11.7 Å². The molecular formula is C8H15O2. The zero-order chi connectivity index (χ0) is 7.66. The van der Waals surface area contributed by atoms with E-state index in [9.17, 15) is 4.79 Å². The highest BCUT2D eigenvalue weighted by Crippen LogP contribution is 2.03. The topological polar surface area (TPSA) is 26.3 Å². The van der Waals surface area contributed by atoms with Crippen LogP contribution in [-0.2, 0) is 9.53 Å². The minimum Gasteiger partial charge on any atom is -0.461 e. The second kappa shape index (κ2) is 8.47. The van der Waals surface area contributed by atoms with Crippen molar-refractivity contribution < 1.29 is 9.53 Å². The van der Waals surface area contributed by atoms with Crippen LogP contribution in [0.5, 0.6) is 0 Å². The van der Waals surface area contributed by atoms with E-state index in [1.54, 1.807) is 6.61 Å². The third-order valence-corrected chi connectivity index (χ3v) is 1.33. The van der Waals surface area contributed by atoms with Gasteiger partial charge in [-0.15, -0.1) is 0 Å². The Bertz CT molecular complexity index is 71.7. The Morgan fingerprint density at radius 3 is 2.70 bits per heavy atom. The number of carbonyl (C=O) groups excluding carboxylic acids is 1. The van der Waals surface area contributed by atoms with Gasteiger partial charge in [-0.05, 0) is 12.8 Å². The van der Waals surface area contributed by atoms with Gasteiger partial charge in [0.1, 0.15) is 6.61 Å².